The maximum atomic E-state index is 14.2. The van der Waals surface area contributed by atoms with Gasteiger partial charge in [-0.2, -0.15) is 0 Å². The lowest BCUT2D eigenvalue weighted by atomic mass is 9.94. The van der Waals surface area contributed by atoms with Gasteiger partial charge >= 0.3 is 5.97 Å². The largest absolute Gasteiger partial charge is 0.493 e. The van der Waals surface area contributed by atoms with Gasteiger partial charge in [0, 0.05) is 11.1 Å². The minimum Gasteiger partial charge on any atom is -0.493 e. The molecule has 4 aromatic carbocycles. The molecule has 0 saturated carbocycles. The quantitative estimate of drug-likeness (QED) is 0.170. The lowest BCUT2D eigenvalue weighted by Gasteiger charge is -2.23. The van der Waals surface area contributed by atoms with E-state index < -0.39 is 5.97 Å². The molecule has 0 fully saturated rings. The first-order valence-electron chi connectivity index (χ1n) is 12.6. The number of para-hydroxylation sites is 1. The molecule has 0 heterocycles. The SMILES string of the molecule is COc1c(C(C)C)cc(Oc2c(Br)cc(CC(=O)O)cc2Br)c(C(=O)c2cccc(C)c2)c1Oc1ccccc1. The predicted molar refractivity (Wildman–Crippen MR) is 161 cm³/mol. The van der Waals surface area contributed by atoms with Crippen molar-refractivity contribution < 1.29 is 28.9 Å². The Morgan fingerprint density at radius 1 is 0.850 bits per heavy atom. The molecule has 0 bridgehead atoms. The summed E-state index contributed by atoms with van der Waals surface area (Å²) in [5, 5.41) is 9.24. The van der Waals surface area contributed by atoms with Gasteiger partial charge in [0.2, 0.25) is 5.78 Å². The molecule has 0 saturated heterocycles. The van der Waals surface area contributed by atoms with Gasteiger partial charge in [0.05, 0.1) is 22.5 Å². The second-order valence-electron chi connectivity index (χ2n) is 9.53. The monoisotopic (exact) mass is 666 g/mol. The molecule has 0 aliphatic rings. The fourth-order valence-corrected chi connectivity index (χ4v) is 5.74. The highest BCUT2D eigenvalue weighted by atomic mass is 79.9. The number of rotatable bonds is 10. The van der Waals surface area contributed by atoms with Crippen LogP contribution in [0, 0.1) is 6.92 Å². The summed E-state index contributed by atoms with van der Waals surface area (Å²) >= 11 is 7.04. The van der Waals surface area contributed by atoms with Crippen LogP contribution in [0.4, 0.5) is 0 Å². The van der Waals surface area contributed by atoms with E-state index in [-0.39, 0.29) is 35.2 Å². The van der Waals surface area contributed by atoms with E-state index in [0.717, 1.165) is 11.1 Å². The molecule has 0 amide bonds. The van der Waals surface area contributed by atoms with E-state index in [1.54, 1.807) is 43.5 Å². The molecule has 0 unspecified atom stereocenters. The molecule has 40 heavy (non-hydrogen) atoms. The Balaban J connectivity index is 1.99. The van der Waals surface area contributed by atoms with Crippen LogP contribution in [0.2, 0.25) is 0 Å². The van der Waals surface area contributed by atoms with Gasteiger partial charge < -0.3 is 19.3 Å². The van der Waals surface area contributed by atoms with Crippen LogP contribution in [0.3, 0.4) is 0 Å². The van der Waals surface area contributed by atoms with Gasteiger partial charge in [-0.3, -0.25) is 9.59 Å². The smallest absolute Gasteiger partial charge is 0.307 e. The number of halogens is 2. The Kier molecular flexibility index (Phi) is 9.32. The van der Waals surface area contributed by atoms with Crippen molar-refractivity contribution >= 4 is 43.6 Å². The Bertz CT molecular complexity index is 1540. The van der Waals surface area contributed by atoms with E-state index in [9.17, 15) is 14.7 Å². The Labute approximate surface area is 250 Å². The third kappa shape index (κ3) is 6.57. The second-order valence-corrected chi connectivity index (χ2v) is 11.2. The number of carboxylic acids is 1. The zero-order valence-electron chi connectivity index (χ0n) is 22.5. The maximum Gasteiger partial charge on any atom is 0.307 e. The fraction of sp³-hybridized carbons (Fsp3) is 0.188. The van der Waals surface area contributed by atoms with Crippen molar-refractivity contribution in [1.29, 1.82) is 0 Å². The maximum absolute atomic E-state index is 14.2. The van der Waals surface area contributed by atoms with Crippen LogP contribution in [0.5, 0.6) is 28.7 Å². The standard InChI is InChI=1S/C32H28Br2O6/c1-18(2)23-17-26(40-31-24(33)14-20(15-25(31)34)16-27(35)36)28(29(37)21-10-8-9-19(3)13-21)32(30(23)38-4)39-22-11-6-5-7-12-22/h5-15,17-18H,16H2,1-4H3,(H,35,36). The highest BCUT2D eigenvalue weighted by molar-refractivity contribution is 9.11. The van der Waals surface area contributed by atoms with E-state index in [1.807, 2.05) is 57.2 Å². The van der Waals surface area contributed by atoms with Gasteiger partial charge in [-0.1, -0.05) is 55.8 Å². The summed E-state index contributed by atoms with van der Waals surface area (Å²) in [4.78, 5) is 25.5. The van der Waals surface area contributed by atoms with Crippen molar-refractivity contribution in [2.45, 2.75) is 33.1 Å². The van der Waals surface area contributed by atoms with E-state index in [0.29, 0.717) is 37.3 Å². The molecule has 1 N–H and O–H groups in total. The molecule has 0 atom stereocenters. The van der Waals surface area contributed by atoms with Gasteiger partial charge in [0.25, 0.3) is 0 Å². The molecule has 0 spiro atoms. The number of carbonyl (C=O) groups is 2. The molecule has 0 radical (unpaired) electrons. The molecule has 8 heteroatoms. The highest BCUT2D eigenvalue weighted by Gasteiger charge is 2.30. The number of carbonyl (C=O) groups excluding carboxylic acids is 1. The molecule has 0 aliphatic heterocycles. The molecular weight excluding hydrogens is 640 g/mol. The zero-order valence-corrected chi connectivity index (χ0v) is 25.6. The number of ether oxygens (including phenoxy) is 3. The van der Waals surface area contributed by atoms with Gasteiger partial charge in [-0.25, -0.2) is 0 Å². The number of hydrogen-bond donors (Lipinski definition) is 1. The van der Waals surface area contributed by atoms with Crippen molar-refractivity contribution in [3.8, 4) is 28.7 Å². The number of methoxy groups -OCH3 is 1. The first-order valence-corrected chi connectivity index (χ1v) is 14.1. The predicted octanol–water partition coefficient (Wildman–Crippen LogP) is 9.09. The average molecular weight is 668 g/mol. The van der Waals surface area contributed by atoms with Crippen LogP contribution < -0.4 is 14.2 Å². The Morgan fingerprint density at radius 2 is 1.52 bits per heavy atom. The van der Waals surface area contributed by atoms with Crippen LogP contribution >= 0.6 is 31.9 Å². The minimum absolute atomic E-state index is 0.00312. The molecule has 0 aromatic heterocycles. The van der Waals surface area contributed by atoms with Crippen LogP contribution in [-0.4, -0.2) is 24.0 Å². The summed E-state index contributed by atoms with van der Waals surface area (Å²) in [5.41, 5.74) is 2.98. The van der Waals surface area contributed by atoms with E-state index in [1.165, 1.54) is 0 Å². The molecule has 4 rings (SSSR count). The van der Waals surface area contributed by atoms with E-state index in [4.69, 9.17) is 14.2 Å². The van der Waals surface area contributed by atoms with Gasteiger partial charge in [0.1, 0.15) is 17.1 Å². The Hall–Kier alpha value is -3.62. The van der Waals surface area contributed by atoms with E-state index in [2.05, 4.69) is 31.9 Å². The van der Waals surface area contributed by atoms with E-state index >= 15 is 0 Å². The minimum atomic E-state index is -0.946. The number of benzene rings is 4. The number of aryl methyl sites for hydroxylation is 1. The van der Waals surface area contributed by atoms with Crippen molar-refractivity contribution in [2.24, 2.45) is 0 Å². The summed E-state index contributed by atoms with van der Waals surface area (Å²) in [5.74, 6) is 0.640. The normalized spacial score (nSPS) is 10.9. The van der Waals surface area contributed by atoms with Crippen LogP contribution in [0.15, 0.2) is 81.7 Å². The first kappa shape index (κ1) is 29.4. The lowest BCUT2D eigenvalue weighted by molar-refractivity contribution is -0.136. The zero-order chi connectivity index (χ0) is 29.0. The lowest BCUT2D eigenvalue weighted by Crippen LogP contribution is -2.10. The highest BCUT2D eigenvalue weighted by Crippen LogP contribution is 2.49. The Morgan fingerprint density at radius 3 is 2.10 bits per heavy atom. The summed E-state index contributed by atoms with van der Waals surface area (Å²) in [6.45, 7) is 5.95. The van der Waals surface area contributed by atoms with Gasteiger partial charge in [-0.05, 0) is 86.7 Å². The molecule has 0 aliphatic carbocycles. The molecule has 6 nitrogen and oxygen atoms in total. The molecule has 4 aromatic rings. The number of aliphatic carboxylic acids is 1. The summed E-state index contributed by atoms with van der Waals surface area (Å²) in [6, 6.07) is 21.7. The number of ketones is 1. The molecule has 206 valence electrons. The van der Waals surface area contributed by atoms with Crippen molar-refractivity contribution in [2.75, 3.05) is 7.11 Å². The van der Waals surface area contributed by atoms with Crippen molar-refractivity contribution in [1.82, 2.24) is 0 Å². The molecular formula is C32H28Br2O6. The summed E-state index contributed by atoms with van der Waals surface area (Å²) in [7, 11) is 1.55. The van der Waals surface area contributed by atoms with Crippen LogP contribution in [-0.2, 0) is 11.2 Å². The topological polar surface area (TPSA) is 82.1 Å². The summed E-state index contributed by atoms with van der Waals surface area (Å²) < 4.78 is 19.8. The fourth-order valence-electron chi connectivity index (χ4n) is 4.30. The van der Waals surface area contributed by atoms with Crippen molar-refractivity contribution in [3.05, 3.63) is 110 Å². The van der Waals surface area contributed by atoms with Gasteiger partial charge in [0.15, 0.2) is 17.2 Å². The third-order valence-corrected chi connectivity index (χ3v) is 7.33. The first-order chi connectivity index (χ1) is 19.1. The van der Waals surface area contributed by atoms with Crippen molar-refractivity contribution in [3.63, 3.8) is 0 Å². The number of carboxylic acid groups (broad SMARTS) is 1. The van der Waals surface area contributed by atoms with Crippen LogP contribution in [0.1, 0.15) is 52.4 Å². The second kappa shape index (κ2) is 12.7. The summed E-state index contributed by atoms with van der Waals surface area (Å²) in [6.07, 6.45) is -0.149. The average Bonchev–Trinajstić information content (AvgIpc) is 2.90. The number of hydrogen-bond acceptors (Lipinski definition) is 5. The third-order valence-electron chi connectivity index (χ3n) is 6.15. The van der Waals surface area contributed by atoms with Crippen LogP contribution in [0.25, 0.3) is 0 Å². The van der Waals surface area contributed by atoms with Gasteiger partial charge in [-0.15, -0.1) is 0 Å².